The molecule has 0 unspecified atom stereocenters. The first-order chi connectivity index (χ1) is 15.9. The molecule has 1 heterocycles. The summed E-state index contributed by atoms with van der Waals surface area (Å²) in [5, 5.41) is 3.37. The largest absolute Gasteiger partial charge is 0.455 e. The summed E-state index contributed by atoms with van der Waals surface area (Å²) in [6.07, 6.45) is 0. The van der Waals surface area contributed by atoms with Crippen molar-refractivity contribution in [2.24, 2.45) is 0 Å². The predicted octanol–water partition coefficient (Wildman–Crippen LogP) is 2.66. The van der Waals surface area contributed by atoms with E-state index in [-0.39, 0.29) is 17.3 Å². The van der Waals surface area contributed by atoms with E-state index in [0.717, 1.165) is 4.90 Å². The van der Waals surface area contributed by atoms with Crippen LogP contribution in [0, 0.1) is 0 Å². The summed E-state index contributed by atoms with van der Waals surface area (Å²) in [6, 6.07) is 22.8. The number of para-hydroxylation sites is 1. The van der Waals surface area contributed by atoms with Crippen LogP contribution in [0.1, 0.15) is 0 Å². The molecule has 0 saturated carbocycles. The van der Waals surface area contributed by atoms with Gasteiger partial charge in [0.05, 0.1) is 36.8 Å². The molecule has 33 heavy (non-hydrogen) atoms. The van der Waals surface area contributed by atoms with Crippen molar-refractivity contribution < 1.29 is 22.8 Å². The number of ether oxygens (including phenoxy) is 1. The molecule has 9 heteroatoms. The Morgan fingerprint density at radius 3 is 2.27 bits per heavy atom. The zero-order valence-corrected chi connectivity index (χ0v) is 19.5. The Balaban J connectivity index is 1.35. The van der Waals surface area contributed by atoms with Crippen molar-refractivity contribution in [1.29, 1.82) is 0 Å². The summed E-state index contributed by atoms with van der Waals surface area (Å²) in [7, 11) is -3.51. The molecule has 0 bridgehead atoms. The van der Waals surface area contributed by atoms with Crippen molar-refractivity contribution in [3.05, 3.63) is 83.9 Å². The highest BCUT2D eigenvalue weighted by Gasteiger charge is 2.31. The number of benzene rings is 3. The number of rotatable bonds is 7. The molecule has 172 valence electrons. The van der Waals surface area contributed by atoms with E-state index in [9.17, 15) is 13.2 Å². The number of piperazine rings is 1. The van der Waals surface area contributed by atoms with Crippen LogP contribution in [0.25, 0.3) is 0 Å². The number of anilines is 1. The molecule has 1 aliphatic heterocycles. The summed E-state index contributed by atoms with van der Waals surface area (Å²) < 4.78 is 32.9. The van der Waals surface area contributed by atoms with Gasteiger partial charge in [0.2, 0.25) is 10.0 Å². The Morgan fingerprint density at radius 2 is 1.61 bits per heavy atom. The standard InChI is InChI=1S/C24H24ClN3O4S/c25-19-11-12-23(32-20-7-3-1-4-8-20)22(17-19)26-24(29)18-27-13-15-28(16-14-27)33(30,31)21-9-5-2-6-10-21/h1-12,17H,13-16,18H2,(H,26,29)/p+1. The van der Waals surface area contributed by atoms with Crippen LogP contribution in [-0.2, 0) is 14.8 Å². The van der Waals surface area contributed by atoms with Gasteiger partial charge in [0.25, 0.3) is 5.91 Å². The number of carbonyl (C=O) groups excluding carboxylic acids is 1. The summed E-state index contributed by atoms with van der Waals surface area (Å²) in [5.74, 6) is 0.953. The van der Waals surface area contributed by atoms with Crippen molar-refractivity contribution in [2.75, 3.05) is 38.0 Å². The summed E-state index contributed by atoms with van der Waals surface area (Å²) in [4.78, 5) is 14.0. The van der Waals surface area contributed by atoms with E-state index in [4.69, 9.17) is 16.3 Å². The van der Waals surface area contributed by atoms with Gasteiger partial charge in [0, 0.05) is 5.02 Å². The molecule has 1 aliphatic rings. The minimum Gasteiger partial charge on any atom is -0.455 e. The van der Waals surface area contributed by atoms with Crippen LogP contribution >= 0.6 is 11.6 Å². The van der Waals surface area contributed by atoms with Crippen LogP contribution in [0.2, 0.25) is 5.02 Å². The number of hydrogen-bond donors (Lipinski definition) is 2. The van der Waals surface area contributed by atoms with Crippen molar-refractivity contribution in [3.63, 3.8) is 0 Å². The minimum atomic E-state index is -3.51. The monoisotopic (exact) mass is 486 g/mol. The second-order valence-corrected chi connectivity index (χ2v) is 10.1. The predicted molar refractivity (Wildman–Crippen MR) is 127 cm³/mol. The van der Waals surface area contributed by atoms with E-state index >= 15 is 0 Å². The molecular weight excluding hydrogens is 462 g/mol. The van der Waals surface area contributed by atoms with Gasteiger partial charge in [-0.15, -0.1) is 0 Å². The second-order valence-electron chi connectivity index (χ2n) is 7.75. The molecule has 0 atom stereocenters. The highest BCUT2D eigenvalue weighted by atomic mass is 35.5. The average Bonchev–Trinajstić information content (AvgIpc) is 2.82. The lowest BCUT2D eigenvalue weighted by Gasteiger charge is -2.31. The van der Waals surface area contributed by atoms with Crippen LogP contribution in [0.3, 0.4) is 0 Å². The topological polar surface area (TPSA) is 80.2 Å². The lowest BCUT2D eigenvalue weighted by atomic mass is 10.2. The van der Waals surface area contributed by atoms with E-state index in [1.807, 2.05) is 30.3 Å². The molecule has 4 rings (SSSR count). The van der Waals surface area contributed by atoms with E-state index in [1.165, 1.54) is 4.31 Å². The van der Waals surface area contributed by atoms with Gasteiger partial charge < -0.3 is 15.0 Å². The zero-order chi connectivity index (χ0) is 23.3. The molecule has 0 spiro atoms. The third kappa shape index (κ3) is 5.91. The van der Waals surface area contributed by atoms with Crippen LogP contribution in [-0.4, -0.2) is 51.4 Å². The van der Waals surface area contributed by atoms with Gasteiger partial charge in [-0.2, -0.15) is 4.31 Å². The van der Waals surface area contributed by atoms with Crippen LogP contribution < -0.4 is 15.0 Å². The van der Waals surface area contributed by atoms with Crippen LogP contribution in [0.4, 0.5) is 5.69 Å². The SMILES string of the molecule is O=C(C[NH+]1CCN(S(=O)(=O)c2ccccc2)CC1)Nc1cc(Cl)ccc1Oc1ccccc1. The van der Waals surface area contributed by atoms with Gasteiger partial charge >= 0.3 is 0 Å². The van der Waals surface area contributed by atoms with Crippen LogP contribution in [0.5, 0.6) is 11.5 Å². The number of quaternary nitrogens is 1. The third-order valence-corrected chi connectivity index (χ3v) is 7.56. The van der Waals surface area contributed by atoms with Crippen molar-refractivity contribution in [3.8, 4) is 11.5 Å². The molecule has 3 aromatic carbocycles. The Hall–Kier alpha value is -2.91. The summed E-state index contributed by atoms with van der Waals surface area (Å²) in [6.45, 7) is 2.03. The average molecular weight is 487 g/mol. The fraction of sp³-hybridized carbons (Fsp3) is 0.208. The van der Waals surface area contributed by atoms with Crippen molar-refractivity contribution in [1.82, 2.24) is 4.31 Å². The Bertz CT molecular complexity index is 1200. The smallest absolute Gasteiger partial charge is 0.279 e. The lowest BCUT2D eigenvalue weighted by Crippen LogP contribution is -3.15. The Morgan fingerprint density at radius 1 is 0.970 bits per heavy atom. The highest BCUT2D eigenvalue weighted by Crippen LogP contribution is 2.31. The van der Waals surface area contributed by atoms with Gasteiger partial charge in [0.15, 0.2) is 12.3 Å². The zero-order valence-electron chi connectivity index (χ0n) is 17.9. The first-order valence-electron chi connectivity index (χ1n) is 10.6. The van der Waals surface area contributed by atoms with Gasteiger partial charge in [-0.05, 0) is 42.5 Å². The van der Waals surface area contributed by atoms with E-state index in [0.29, 0.717) is 48.4 Å². The maximum absolute atomic E-state index is 12.8. The molecule has 1 saturated heterocycles. The molecule has 3 aromatic rings. The van der Waals surface area contributed by atoms with Crippen LogP contribution in [0.15, 0.2) is 83.8 Å². The number of carbonyl (C=O) groups is 1. The van der Waals surface area contributed by atoms with Gasteiger partial charge in [-0.3, -0.25) is 4.79 Å². The maximum Gasteiger partial charge on any atom is 0.279 e. The number of nitrogens with one attached hydrogen (secondary N) is 2. The second kappa shape index (κ2) is 10.4. The molecule has 0 radical (unpaired) electrons. The van der Waals surface area contributed by atoms with Gasteiger partial charge in [-0.25, -0.2) is 8.42 Å². The molecular formula is C24H25ClN3O4S+. The highest BCUT2D eigenvalue weighted by molar-refractivity contribution is 7.89. The van der Waals surface area contributed by atoms with E-state index in [2.05, 4.69) is 5.32 Å². The van der Waals surface area contributed by atoms with Crippen molar-refractivity contribution in [2.45, 2.75) is 4.90 Å². The summed E-state index contributed by atoms with van der Waals surface area (Å²) in [5.41, 5.74) is 0.487. The Labute approximate surface area is 198 Å². The maximum atomic E-state index is 12.8. The summed E-state index contributed by atoms with van der Waals surface area (Å²) >= 11 is 6.13. The first-order valence-corrected chi connectivity index (χ1v) is 12.4. The van der Waals surface area contributed by atoms with E-state index < -0.39 is 10.0 Å². The number of nitrogens with zero attached hydrogens (tertiary/aromatic N) is 1. The number of sulfonamides is 1. The molecule has 7 nitrogen and oxygen atoms in total. The van der Waals surface area contributed by atoms with Gasteiger partial charge in [0.1, 0.15) is 5.75 Å². The first kappa shape index (κ1) is 23.3. The molecule has 1 fully saturated rings. The molecule has 0 aliphatic carbocycles. The normalized spacial score (nSPS) is 15.2. The third-order valence-electron chi connectivity index (χ3n) is 5.41. The quantitative estimate of drug-likeness (QED) is 0.538. The number of hydrogen-bond acceptors (Lipinski definition) is 4. The van der Waals surface area contributed by atoms with Crippen molar-refractivity contribution >= 4 is 33.2 Å². The van der Waals surface area contributed by atoms with Gasteiger partial charge in [-0.1, -0.05) is 48.0 Å². The molecule has 0 aromatic heterocycles. The van der Waals surface area contributed by atoms with E-state index in [1.54, 1.807) is 48.5 Å². The Kier molecular flexibility index (Phi) is 7.29. The molecule has 1 amide bonds. The minimum absolute atomic E-state index is 0.190. The lowest BCUT2D eigenvalue weighted by molar-refractivity contribution is -0.895. The number of halogens is 1. The fourth-order valence-corrected chi connectivity index (χ4v) is 5.32. The molecule has 2 N–H and O–H groups in total. The fourth-order valence-electron chi connectivity index (χ4n) is 3.69. The number of amides is 1.